The van der Waals surface area contributed by atoms with Crippen LogP contribution in [-0.2, 0) is 20.7 Å². The second-order valence-electron chi connectivity index (χ2n) is 11.7. The van der Waals surface area contributed by atoms with Gasteiger partial charge in [-0.15, -0.1) is 0 Å². The average molecular weight is 619 g/mol. The molecule has 2 atom stereocenters. The molecule has 5 rings (SSSR count). The Morgan fingerprint density at radius 2 is 1.74 bits per heavy atom. The summed E-state index contributed by atoms with van der Waals surface area (Å²) in [6.45, 7) is 7.55. The van der Waals surface area contributed by atoms with Gasteiger partial charge in [0.1, 0.15) is 11.5 Å². The third-order valence-electron chi connectivity index (χ3n) is 8.97. The summed E-state index contributed by atoms with van der Waals surface area (Å²) in [6.07, 6.45) is 4.78. The van der Waals surface area contributed by atoms with Crippen molar-refractivity contribution in [3.05, 3.63) is 56.6 Å². The Morgan fingerprint density at radius 1 is 1.02 bits per heavy atom. The molecule has 2 aromatic rings. The maximum absolute atomic E-state index is 14.0. The van der Waals surface area contributed by atoms with Crippen LogP contribution >= 0.6 is 23.2 Å². The van der Waals surface area contributed by atoms with E-state index >= 15 is 0 Å². The summed E-state index contributed by atoms with van der Waals surface area (Å²) < 4.78 is 11.2. The van der Waals surface area contributed by atoms with E-state index in [2.05, 4.69) is 5.32 Å². The molecule has 3 saturated heterocycles. The second kappa shape index (κ2) is 14.0. The number of carbonyl (C=O) groups is 2. The summed E-state index contributed by atoms with van der Waals surface area (Å²) in [5.41, 5.74) is 3.05. The van der Waals surface area contributed by atoms with Crippen LogP contribution in [0.5, 0.6) is 0 Å². The van der Waals surface area contributed by atoms with E-state index in [4.69, 9.17) is 42.6 Å². The van der Waals surface area contributed by atoms with Gasteiger partial charge in [-0.05, 0) is 56.7 Å². The van der Waals surface area contributed by atoms with E-state index in [-0.39, 0.29) is 29.9 Å². The van der Waals surface area contributed by atoms with Crippen molar-refractivity contribution in [1.29, 1.82) is 0 Å². The highest BCUT2D eigenvalue weighted by Crippen LogP contribution is 2.30. The Kier molecular flexibility index (Phi) is 10.4. The number of aromatic nitrogens is 2. The molecule has 3 aliphatic rings. The quantitative estimate of drug-likeness (QED) is 0.491. The monoisotopic (exact) mass is 617 g/mol. The average Bonchev–Trinajstić information content (AvgIpc) is 3.00. The van der Waals surface area contributed by atoms with Gasteiger partial charge in [-0.1, -0.05) is 29.3 Å². The Morgan fingerprint density at radius 3 is 2.40 bits per heavy atom. The van der Waals surface area contributed by atoms with Crippen molar-refractivity contribution in [2.45, 2.75) is 76.5 Å². The summed E-state index contributed by atoms with van der Waals surface area (Å²) in [5, 5.41) is 4.75. The van der Waals surface area contributed by atoms with E-state index in [1.54, 1.807) is 20.1 Å². The number of nitrogens with one attached hydrogen (secondary N) is 1. The van der Waals surface area contributed by atoms with Gasteiger partial charge in [-0.2, -0.15) is 0 Å². The van der Waals surface area contributed by atoms with Crippen molar-refractivity contribution >= 4 is 35.0 Å². The zero-order valence-corrected chi connectivity index (χ0v) is 26.2. The van der Waals surface area contributed by atoms with Crippen LogP contribution in [0.1, 0.15) is 78.1 Å². The molecule has 3 fully saturated rings. The SMILES string of the molecule is CO[C@@H]1COCC[C@@H]1NC1CCN(C(=O)c2nc(C3CCN(C(C)=O)CC3)nc(Cc3ccc(Cl)c(Cl)c3)c2C)CC1. The number of likely N-dealkylation sites (tertiary alicyclic amines) is 2. The van der Waals surface area contributed by atoms with Gasteiger partial charge in [0.15, 0.2) is 0 Å². The van der Waals surface area contributed by atoms with E-state index in [9.17, 15) is 9.59 Å². The van der Waals surface area contributed by atoms with Crippen molar-refractivity contribution in [2.24, 2.45) is 0 Å². The number of amides is 2. The molecule has 1 N–H and O–H groups in total. The van der Waals surface area contributed by atoms with Crippen LogP contribution in [0.15, 0.2) is 18.2 Å². The molecule has 1 aromatic carbocycles. The van der Waals surface area contributed by atoms with E-state index < -0.39 is 0 Å². The fourth-order valence-corrected chi connectivity index (χ4v) is 6.60. The number of benzene rings is 1. The highest BCUT2D eigenvalue weighted by molar-refractivity contribution is 6.42. The summed E-state index contributed by atoms with van der Waals surface area (Å²) in [5.74, 6) is 0.807. The fourth-order valence-electron chi connectivity index (χ4n) is 6.28. The molecular formula is C31H41Cl2N5O4. The molecule has 2 amide bonds. The predicted octanol–water partition coefficient (Wildman–Crippen LogP) is 4.41. The molecule has 0 bridgehead atoms. The standard InChI is InChI=1S/C31H41Cl2N5O4/c1-19-27(17-21-4-5-24(32)25(33)16-21)35-30(22-6-11-37(12-7-22)20(2)39)36-29(19)31(40)38-13-8-23(9-14-38)34-26-10-15-42-18-28(26)41-3/h4-5,16,22-23,26,28,34H,6-15,17-18H2,1-3H3/t26-,28+/m0/s1. The van der Waals surface area contributed by atoms with Gasteiger partial charge in [-0.3, -0.25) is 9.59 Å². The van der Waals surface area contributed by atoms with Gasteiger partial charge in [0.05, 0.1) is 28.5 Å². The minimum absolute atomic E-state index is 0.0491. The van der Waals surface area contributed by atoms with Gasteiger partial charge in [-0.25, -0.2) is 9.97 Å². The van der Waals surface area contributed by atoms with Crippen LogP contribution in [0.25, 0.3) is 0 Å². The van der Waals surface area contributed by atoms with Gasteiger partial charge in [0.25, 0.3) is 5.91 Å². The van der Waals surface area contributed by atoms with E-state index in [0.717, 1.165) is 55.5 Å². The van der Waals surface area contributed by atoms with Crippen LogP contribution in [0.3, 0.4) is 0 Å². The summed E-state index contributed by atoms with van der Waals surface area (Å²) in [6, 6.07) is 6.16. The molecule has 1 aromatic heterocycles. The van der Waals surface area contributed by atoms with Crippen molar-refractivity contribution in [1.82, 2.24) is 25.1 Å². The maximum Gasteiger partial charge on any atom is 0.272 e. The Hall–Kier alpha value is -2.30. The molecule has 228 valence electrons. The van der Waals surface area contributed by atoms with E-state index in [1.807, 2.05) is 28.9 Å². The Labute approximate surface area is 258 Å². The molecule has 0 spiro atoms. The predicted molar refractivity (Wildman–Crippen MR) is 162 cm³/mol. The van der Waals surface area contributed by atoms with Crippen molar-refractivity contribution in [3.63, 3.8) is 0 Å². The largest absolute Gasteiger partial charge is 0.379 e. The molecule has 0 unspecified atom stereocenters. The van der Waals surface area contributed by atoms with Crippen LogP contribution in [0.2, 0.25) is 10.0 Å². The first-order chi connectivity index (χ1) is 20.2. The zero-order chi connectivity index (χ0) is 29.8. The van der Waals surface area contributed by atoms with Gasteiger partial charge < -0.3 is 24.6 Å². The number of hydrogen-bond donors (Lipinski definition) is 1. The highest BCUT2D eigenvalue weighted by atomic mass is 35.5. The lowest BCUT2D eigenvalue weighted by Crippen LogP contribution is -2.54. The van der Waals surface area contributed by atoms with Gasteiger partial charge >= 0.3 is 0 Å². The highest BCUT2D eigenvalue weighted by Gasteiger charge is 2.32. The van der Waals surface area contributed by atoms with Gasteiger partial charge in [0.2, 0.25) is 5.91 Å². The lowest BCUT2D eigenvalue weighted by molar-refractivity contribution is -0.129. The molecular weight excluding hydrogens is 577 g/mol. The van der Waals surface area contributed by atoms with Crippen LogP contribution < -0.4 is 5.32 Å². The summed E-state index contributed by atoms with van der Waals surface area (Å²) >= 11 is 12.5. The third kappa shape index (κ3) is 7.25. The van der Waals surface area contributed by atoms with Crippen LogP contribution in [-0.4, -0.2) is 96.3 Å². The molecule has 0 saturated carbocycles. The minimum Gasteiger partial charge on any atom is -0.379 e. The second-order valence-corrected chi connectivity index (χ2v) is 12.5. The van der Waals surface area contributed by atoms with Crippen molar-refractivity contribution in [3.8, 4) is 0 Å². The van der Waals surface area contributed by atoms with Crippen molar-refractivity contribution in [2.75, 3.05) is 46.5 Å². The first-order valence-electron chi connectivity index (χ1n) is 15.0. The minimum atomic E-state index is -0.0491. The summed E-state index contributed by atoms with van der Waals surface area (Å²) in [4.78, 5) is 39.6. The van der Waals surface area contributed by atoms with E-state index in [0.29, 0.717) is 66.8 Å². The topological polar surface area (TPSA) is 96.9 Å². The number of piperidine rings is 2. The number of methoxy groups -OCH3 is 1. The normalized spacial score (nSPS) is 22.4. The summed E-state index contributed by atoms with van der Waals surface area (Å²) in [7, 11) is 1.73. The van der Waals surface area contributed by atoms with Crippen molar-refractivity contribution < 1.29 is 19.1 Å². The third-order valence-corrected chi connectivity index (χ3v) is 9.71. The van der Waals surface area contributed by atoms with Crippen LogP contribution in [0, 0.1) is 6.92 Å². The molecule has 0 radical (unpaired) electrons. The molecule has 3 aliphatic heterocycles. The fraction of sp³-hybridized carbons (Fsp3) is 0.613. The zero-order valence-electron chi connectivity index (χ0n) is 24.7. The first-order valence-corrected chi connectivity index (χ1v) is 15.7. The Bertz CT molecular complexity index is 1280. The lowest BCUT2D eigenvalue weighted by atomic mass is 9.94. The number of nitrogens with zero attached hydrogens (tertiary/aromatic N) is 4. The smallest absolute Gasteiger partial charge is 0.272 e. The van der Waals surface area contributed by atoms with Crippen LogP contribution in [0.4, 0.5) is 0 Å². The lowest BCUT2D eigenvalue weighted by Gasteiger charge is -2.38. The number of carbonyl (C=O) groups excluding carboxylic acids is 2. The maximum atomic E-state index is 14.0. The Balaban J connectivity index is 1.34. The van der Waals surface area contributed by atoms with Gasteiger partial charge in [0, 0.05) is 76.8 Å². The number of ether oxygens (including phenoxy) is 2. The molecule has 9 nitrogen and oxygen atoms in total. The molecule has 4 heterocycles. The molecule has 42 heavy (non-hydrogen) atoms. The van der Waals surface area contributed by atoms with E-state index in [1.165, 1.54) is 0 Å². The molecule has 11 heteroatoms. The number of halogens is 2. The number of rotatable bonds is 7. The number of hydrogen-bond acceptors (Lipinski definition) is 7. The first kappa shape index (κ1) is 31.1. The molecule has 0 aliphatic carbocycles.